The Hall–Kier alpha value is -0.460. The van der Waals surface area contributed by atoms with Crippen molar-refractivity contribution in [2.45, 2.75) is 0 Å². The van der Waals surface area contributed by atoms with Crippen LogP contribution in [0.4, 0.5) is 5.82 Å². The van der Waals surface area contributed by atoms with Crippen molar-refractivity contribution in [3.05, 3.63) is 33.9 Å². The van der Waals surface area contributed by atoms with Crippen LogP contribution in [0.15, 0.2) is 33.9 Å². The third-order valence-corrected chi connectivity index (χ3v) is 2.73. The summed E-state index contributed by atoms with van der Waals surface area (Å²) < 4.78 is 1.75. The third-order valence-electron chi connectivity index (χ3n) is 1.45. The van der Waals surface area contributed by atoms with Crippen molar-refractivity contribution in [2.75, 3.05) is 11.9 Å². The smallest absolute Gasteiger partial charge is 0.172 e. The molecule has 1 aromatic rings. The molecule has 2 N–H and O–H groups in total. The Balaban J connectivity index is 2.64. The Morgan fingerprint density at radius 1 is 1.60 bits per heavy atom. The van der Waals surface area contributed by atoms with Gasteiger partial charge in [-0.25, -0.2) is 4.98 Å². The number of halogens is 2. The highest BCUT2D eigenvalue weighted by Gasteiger charge is 2.03. The van der Waals surface area contributed by atoms with Gasteiger partial charge in [-0.3, -0.25) is 0 Å². The molecule has 0 amide bonds. The number of hydrogen-bond donors (Lipinski definition) is 2. The van der Waals surface area contributed by atoms with Crippen LogP contribution in [0.2, 0.25) is 0 Å². The topological polar surface area (TPSA) is 37.0 Å². The van der Waals surface area contributed by atoms with E-state index < -0.39 is 0 Å². The number of thiocarbonyl (C=S) groups is 1. The second-order valence-corrected chi connectivity index (χ2v) is 4.79. The van der Waals surface area contributed by atoms with Crippen molar-refractivity contribution in [1.82, 2.24) is 10.3 Å². The molecule has 6 heteroatoms. The fraction of sp³-hybridized carbons (Fsp3) is 0.111. The number of hydrogen-bond acceptors (Lipinski definition) is 2. The van der Waals surface area contributed by atoms with E-state index in [0.717, 1.165) is 8.95 Å². The van der Waals surface area contributed by atoms with Crippen molar-refractivity contribution in [3.8, 4) is 0 Å². The zero-order valence-electron chi connectivity index (χ0n) is 7.76. The monoisotopic (exact) mass is 349 g/mol. The molecule has 80 valence electrons. The normalized spacial score (nSPS) is 9.47. The molecule has 0 unspecified atom stereocenters. The van der Waals surface area contributed by atoms with Crippen LogP contribution in [0.1, 0.15) is 0 Å². The lowest BCUT2D eigenvalue weighted by atomic mass is 10.4. The third kappa shape index (κ3) is 4.27. The maximum Gasteiger partial charge on any atom is 0.172 e. The fourth-order valence-electron chi connectivity index (χ4n) is 0.823. The van der Waals surface area contributed by atoms with Crippen molar-refractivity contribution in [1.29, 1.82) is 0 Å². The summed E-state index contributed by atoms with van der Waals surface area (Å²) in [5.74, 6) is 0.680. The van der Waals surface area contributed by atoms with Crippen LogP contribution in [-0.4, -0.2) is 16.6 Å². The standard InChI is InChI=1S/C9H9Br2N3S/c1-2-3-12-9(15)14-8-7(11)4-6(10)5-13-8/h2,4-5H,1,3H2,(H2,12,13,14,15). The van der Waals surface area contributed by atoms with Crippen LogP contribution >= 0.6 is 44.1 Å². The molecule has 0 fully saturated rings. The van der Waals surface area contributed by atoms with Gasteiger partial charge in [-0.2, -0.15) is 0 Å². The second kappa shape index (κ2) is 6.19. The lowest BCUT2D eigenvalue weighted by Crippen LogP contribution is -2.28. The maximum atomic E-state index is 5.05. The van der Waals surface area contributed by atoms with E-state index in [2.05, 4.69) is 54.1 Å². The minimum Gasteiger partial charge on any atom is -0.359 e. The van der Waals surface area contributed by atoms with Crippen molar-refractivity contribution in [2.24, 2.45) is 0 Å². The number of nitrogens with zero attached hydrogens (tertiary/aromatic N) is 1. The molecular formula is C9H9Br2N3S. The zero-order chi connectivity index (χ0) is 11.3. The number of rotatable bonds is 3. The van der Waals surface area contributed by atoms with E-state index in [9.17, 15) is 0 Å². The van der Waals surface area contributed by atoms with Gasteiger partial charge in [0.1, 0.15) is 5.82 Å². The molecule has 0 spiro atoms. The molecule has 0 aliphatic carbocycles. The summed E-state index contributed by atoms with van der Waals surface area (Å²) in [7, 11) is 0. The van der Waals surface area contributed by atoms with Gasteiger partial charge in [0.25, 0.3) is 0 Å². The van der Waals surface area contributed by atoms with Gasteiger partial charge in [0.2, 0.25) is 0 Å². The van der Waals surface area contributed by atoms with Gasteiger partial charge in [-0.15, -0.1) is 6.58 Å². The minimum absolute atomic E-state index is 0.519. The molecule has 1 rings (SSSR count). The van der Waals surface area contributed by atoms with E-state index in [4.69, 9.17) is 12.2 Å². The number of nitrogens with one attached hydrogen (secondary N) is 2. The van der Waals surface area contributed by atoms with Crippen LogP contribution in [0, 0.1) is 0 Å². The van der Waals surface area contributed by atoms with Crippen LogP contribution in [0.5, 0.6) is 0 Å². The molecule has 1 aromatic heterocycles. The highest BCUT2D eigenvalue weighted by molar-refractivity contribution is 9.11. The van der Waals surface area contributed by atoms with E-state index in [1.54, 1.807) is 12.3 Å². The van der Waals surface area contributed by atoms with Gasteiger partial charge in [-0.05, 0) is 50.1 Å². The molecule has 0 atom stereocenters. The maximum absolute atomic E-state index is 5.05. The molecule has 0 radical (unpaired) electrons. The molecule has 1 heterocycles. The average molecular weight is 351 g/mol. The summed E-state index contributed by atoms with van der Waals surface area (Å²) in [4.78, 5) is 4.17. The molecule has 0 saturated heterocycles. The molecule has 0 saturated carbocycles. The Bertz CT molecular complexity index is 382. The first-order chi connectivity index (χ1) is 7.13. The van der Waals surface area contributed by atoms with Crippen molar-refractivity contribution >= 4 is 55.0 Å². The largest absolute Gasteiger partial charge is 0.359 e. The lowest BCUT2D eigenvalue weighted by molar-refractivity contribution is 1.06. The summed E-state index contributed by atoms with van der Waals surface area (Å²) in [6, 6.07) is 1.89. The molecule has 0 aliphatic rings. The predicted octanol–water partition coefficient (Wildman–Crippen LogP) is 3.08. The molecule has 0 aromatic carbocycles. The summed E-state index contributed by atoms with van der Waals surface area (Å²) in [5, 5.41) is 6.44. The SMILES string of the molecule is C=CCNC(=S)Nc1ncc(Br)cc1Br. The van der Waals surface area contributed by atoms with Crippen LogP contribution in [-0.2, 0) is 0 Å². The Labute approximate surface area is 111 Å². The van der Waals surface area contributed by atoms with Crippen LogP contribution in [0.3, 0.4) is 0 Å². The minimum atomic E-state index is 0.519. The van der Waals surface area contributed by atoms with E-state index in [1.165, 1.54) is 0 Å². The molecule has 0 bridgehead atoms. The molecular weight excluding hydrogens is 342 g/mol. The fourth-order valence-corrected chi connectivity index (χ4v) is 2.09. The quantitative estimate of drug-likeness (QED) is 0.648. The molecule has 0 aliphatic heterocycles. The summed E-state index contributed by atoms with van der Waals surface area (Å²) in [6.45, 7) is 4.21. The number of pyridine rings is 1. The first-order valence-electron chi connectivity index (χ1n) is 4.10. The first-order valence-corrected chi connectivity index (χ1v) is 6.09. The molecule has 3 nitrogen and oxygen atoms in total. The number of anilines is 1. The van der Waals surface area contributed by atoms with Crippen LogP contribution < -0.4 is 10.6 Å². The average Bonchev–Trinajstić information content (AvgIpc) is 2.19. The predicted molar refractivity (Wildman–Crippen MR) is 74.1 cm³/mol. The van der Waals surface area contributed by atoms with Gasteiger partial charge in [-0.1, -0.05) is 6.08 Å². The van der Waals surface area contributed by atoms with Gasteiger partial charge in [0, 0.05) is 17.2 Å². The highest BCUT2D eigenvalue weighted by Crippen LogP contribution is 2.23. The van der Waals surface area contributed by atoms with Gasteiger partial charge < -0.3 is 10.6 Å². The van der Waals surface area contributed by atoms with E-state index >= 15 is 0 Å². The van der Waals surface area contributed by atoms with Gasteiger partial charge in [0.05, 0.1) is 4.47 Å². The first kappa shape index (κ1) is 12.6. The van der Waals surface area contributed by atoms with E-state index in [-0.39, 0.29) is 0 Å². The Morgan fingerprint density at radius 2 is 2.33 bits per heavy atom. The summed E-state index contributed by atoms with van der Waals surface area (Å²) in [6.07, 6.45) is 3.43. The van der Waals surface area contributed by atoms with Crippen molar-refractivity contribution in [3.63, 3.8) is 0 Å². The van der Waals surface area contributed by atoms with E-state index in [1.807, 2.05) is 6.07 Å². The lowest BCUT2D eigenvalue weighted by Gasteiger charge is -2.09. The Morgan fingerprint density at radius 3 is 2.93 bits per heavy atom. The molecule has 15 heavy (non-hydrogen) atoms. The highest BCUT2D eigenvalue weighted by atomic mass is 79.9. The second-order valence-electron chi connectivity index (χ2n) is 2.61. The summed E-state index contributed by atoms with van der Waals surface area (Å²) >= 11 is 11.8. The van der Waals surface area contributed by atoms with Gasteiger partial charge >= 0.3 is 0 Å². The van der Waals surface area contributed by atoms with Crippen molar-refractivity contribution < 1.29 is 0 Å². The van der Waals surface area contributed by atoms with Crippen LogP contribution in [0.25, 0.3) is 0 Å². The zero-order valence-corrected chi connectivity index (χ0v) is 11.7. The Kier molecular flexibility index (Phi) is 5.21. The summed E-state index contributed by atoms with van der Waals surface area (Å²) in [5.41, 5.74) is 0. The van der Waals surface area contributed by atoms with E-state index in [0.29, 0.717) is 17.5 Å². The van der Waals surface area contributed by atoms with Gasteiger partial charge in [0.15, 0.2) is 5.11 Å². The number of aromatic nitrogens is 1.